The van der Waals surface area contributed by atoms with Gasteiger partial charge < -0.3 is 19.4 Å². The van der Waals surface area contributed by atoms with Gasteiger partial charge in [0.2, 0.25) is 5.91 Å². The Morgan fingerprint density at radius 1 is 1.55 bits per heavy atom. The van der Waals surface area contributed by atoms with E-state index in [9.17, 15) is 9.90 Å². The van der Waals surface area contributed by atoms with Gasteiger partial charge in [0.15, 0.2) is 0 Å². The molecule has 1 unspecified atom stereocenters. The van der Waals surface area contributed by atoms with Crippen molar-refractivity contribution in [3.63, 3.8) is 0 Å². The molecular weight excluding hydrogens is 282 g/mol. The van der Waals surface area contributed by atoms with Crippen LogP contribution in [0.15, 0.2) is 35.5 Å². The van der Waals surface area contributed by atoms with Gasteiger partial charge in [0.1, 0.15) is 5.76 Å². The number of aromatic nitrogens is 2. The van der Waals surface area contributed by atoms with Crippen molar-refractivity contribution < 1.29 is 14.3 Å². The van der Waals surface area contributed by atoms with Crippen LogP contribution in [0.1, 0.15) is 24.2 Å². The molecule has 1 fully saturated rings. The summed E-state index contributed by atoms with van der Waals surface area (Å²) in [6.07, 6.45) is 8.23. The molecule has 22 heavy (non-hydrogen) atoms. The fourth-order valence-corrected chi connectivity index (χ4v) is 3.10. The van der Waals surface area contributed by atoms with Crippen LogP contribution in [-0.2, 0) is 17.8 Å². The Balaban J connectivity index is 1.52. The van der Waals surface area contributed by atoms with Crippen LogP contribution in [0.25, 0.3) is 0 Å². The van der Waals surface area contributed by atoms with Crippen molar-refractivity contribution >= 4 is 5.91 Å². The minimum atomic E-state index is -0.491. The van der Waals surface area contributed by atoms with Crippen molar-refractivity contribution in [1.82, 2.24) is 14.9 Å². The molecule has 1 amide bonds. The number of carbonyl (C=O) groups is 1. The normalized spacial score (nSPS) is 24.5. The zero-order valence-electron chi connectivity index (χ0n) is 12.6. The molecule has 3 atom stereocenters. The van der Waals surface area contributed by atoms with E-state index in [0.717, 1.165) is 18.5 Å². The summed E-state index contributed by atoms with van der Waals surface area (Å²) >= 11 is 0. The number of carbonyl (C=O) groups excluding carboxylic acids is 1. The van der Waals surface area contributed by atoms with Crippen LogP contribution in [0, 0.1) is 12.8 Å². The first-order valence-electron chi connectivity index (χ1n) is 7.58. The Kier molecular flexibility index (Phi) is 4.29. The van der Waals surface area contributed by atoms with E-state index in [-0.39, 0.29) is 18.4 Å². The number of aryl methyl sites for hydroxylation is 1. The number of hydrogen-bond donors (Lipinski definition) is 2. The van der Waals surface area contributed by atoms with E-state index < -0.39 is 6.10 Å². The molecule has 0 bridgehead atoms. The molecule has 6 heteroatoms. The molecule has 1 aliphatic rings. The minimum absolute atomic E-state index is 0.106. The van der Waals surface area contributed by atoms with Crippen molar-refractivity contribution in [1.29, 1.82) is 0 Å². The number of nitrogens with zero attached hydrogens (tertiary/aromatic N) is 2. The summed E-state index contributed by atoms with van der Waals surface area (Å²) in [5, 5.41) is 13.1. The maximum atomic E-state index is 12.1. The highest BCUT2D eigenvalue weighted by molar-refractivity contribution is 5.78. The van der Waals surface area contributed by atoms with Gasteiger partial charge in [-0.15, -0.1) is 0 Å². The summed E-state index contributed by atoms with van der Waals surface area (Å²) < 4.78 is 7.29. The molecule has 1 aliphatic carbocycles. The van der Waals surface area contributed by atoms with Crippen molar-refractivity contribution in [3.8, 4) is 0 Å². The molecule has 0 radical (unpaired) electrons. The van der Waals surface area contributed by atoms with Crippen LogP contribution in [0.4, 0.5) is 0 Å². The van der Waals surface area contributed by atoms with Crippen molar-refractivity contribution in [2.24, 2.45) is 5.92 Å². The van der Waals surface area contributed by atoms with E-state index in [0.29, 0.717) is 18.1 Å². The van der Waals surface area contributed by atoms with Crippen molar-refractivity contribution in [2.75, 3.05) is 0 Å². The number of amides is 1. The van der Waals surface area contributed by atoms with E-state index in [1.54, 1.807) is 18.8 Å². The quantitative estimate of drug-likeness (QED) is 0.872. The largest absolute Gasteiger partial charge is 0.469 e. The second-order valence-electron chi connectivity index (χ2n) is 6.04. The maximum absolute atomic E-state index is 12.1. The standard InChI is InChI=1S/C16H21N3O3/c1-11-2-5-22-15(11)8-16(21)18-13-6-12(7-14(13)20)9-19-4-3-17-10-19/h2-5,10,12-14,20H,6-9H2,1H3,(H,18,21)/t12?,13-,14-/m1/s1. The molecule has 2 aromatic rings. The van der Waals surface area contributed by atoms with Crippen LogP contribution in [0.3, 0.4) is 0 Å². The lowest BCUT2D eigenvalue weighted by atomic mass is 10.1. The Labute approximate surface area is 129 Å². The van der Waals surface area contributed by atoms with Gasteiger partial charge >= 0.3 is 0 Å². The van der Waals surface area contributed by atoms with Crippen LogP contribution >= 0.6 is 0 Å². The Morgan fingerprint density at radius 2 is 2.41 bits per heavy atom. The first-order valence-corrected chi connectivity index (χ1v) is 7.58. The summed E-state index contributed by atoms with van der Waals surface area (Å²) in [4.78, 5) is 16.1. The van der Waals surface area contributed by atoms with Gasteiger partial charge in [0.25, 0.3) is 0 Å². The number of imidazole rings is 1. The second kappa shape index (κ2) is 6.36. The highest BCUT2D eigenvalue weighted by Crippen LogP contribution is 2.27. The molecule has 2 aromatic heterocycles. The van der Waals surface area contributed by atoms with E-state index in [2.05, 4.69) is 10.3 Å². The van der Waals surface area contributed by atoms with Gasteiger partial charge in [-0.05, 0) is 37.3 Å². The molecule has 118 valence electrons. The summed E-state index contributed by atoms with van der Waals surface area (Å²) in [5.74, 6) is 0.921. The lowest BCUT2D eigenvalue weighted by molar-refractivity contribution is -0.122. The fourth-order valence-electron chi connectivity index (χ4n) is 3.10. The van der Waals surface area contributed by atoms with Gasteiger partial charge in [0.05, 0.1) is 31.2 Å². The number of nitrogens with one attached hydrogen (secondary N) is 1. The minimum Gasteiger partial charge on any atom is -0.469 e. The van der Waals surface area contributed by atoms with E-state index >= 15 is 0 Å². The molecule has 2 heterocycles. The molecule has 0 spiro atoms. The zero-order chi connectivity index (χ0) is 15.5. The molecule has 3 rings (SSSR count). The zero-order valence-corrected chi connectivity index (χ0v) is 12.6. The van der Waals surface area contributed by atoms with Crippen molar-refractivity contribution in [3.05, 3.63) is 42.4 Å². The van der Waals surface area contributed by atoms with Gasteiger partial charge in [-0.1, -0.05) is 0 Å². The third-order valence-electron chi connectivity index (χ3n) is 4.29. The SMILES string of the molecule is Cc1ccoc1CC(=O)N[C@@H]1CC(Cn2ccnc2)C[C@H]1O. The number of hydrogen-bond acceptors (Lipinski definition) is 4. The van der Waals surface area contributed by atoms with E-state index in [1.165, 1.54) is 0 Å². The third kappa shape index (κ3) is 3.39. The van der Waals surface area contributed by atoms with Crippen LogP contribution in [0.2, 0.25) is 0 Å². The number of furan rings is 1. The first kappa shape index (κ1) is 14.8. The summed E-state index contributed by atoms with van der Waals surface area (Å²) in [5.41, 5.74) is 0.972. The lowest BCUT2D eigenvalue weighted by Crippen LogP contribution is -2.40. The van der Waals surface area contributed by atoms with Gasteiger partial charge in [-0.3, -0.25) is 4.79 Å². The topological polar surface area (TPSA) is 80.3 Å². The highest BCUT2D eigenvalue weighted by Gasteiger charge is 2.34. The van der Waals surface area contributed by atoms with Gasteiger partial charge in [0, 0.05) is 18.9 Å². The average Bonchev–Trinajstić information content (AvgIpc) is 3.17. The van der Waals surface area contributed by atoms with Crippen molar-refractivity contribution in [2.45, 2.75) is 44.9 Å². The highest BCUT2D eigenvalue weighted by atomic mass is 16.3. The molecule has 6 nitrogen and oxygen atoms in total. The summed E-state index contributed by atoms with van der Waals surface area (Å²) in [6.45, 7) is 2.73. The summed E-state index contributed by atoms with van der Waals surface area (Å²) in [7, 11) is 0. The molecule has 0 aliphatic heterocycles. The predicted molar refractivity (Wildman–Crippen MR) is 80.0 cm³/mol. The van der Waals surface area contributed by atoms with Crippen LogP contribution in [0.5, 0.6) is 0 Å². The maximum Gasteiger partial charge on any atom is 0.227 e. The number of aliphatic hydroxyl groups excluding tert-OH is 1. The first-order chi connectivity index (χ1) is 10.6. The Bertz CT molecular complexity index is 620. The fraction of sp³-hybridized carbons (Fsp3) is 0.500. The van der Waals surface area contributed by atoms with E-state index in [4.69, 9.17) is 4.42 Å². The monoisotopic (exact) mass is 303 g/mol. The average molecular weight is 303 g/mol. The smallest absolute Gasteiger partial charge is 0.227 e. The predicted octanol–water partition coefficient (Wildman–Crippen LogP) is 1.28. The van der Waals surface area contributed by atoms with Gasteiger partial charge in [-0.25, -0.2) is 4.98 Å². The Hall–Kier alpha value is -2.08. The third-order valence-corrected chi connectivity index (χ3v) is 4.29. The molecule has 2 N–H and O–H groups in total. The molecular formula is C16H21N3O3. The van der Waals surface area contributed by atoms with Gasteiger partial charge in [-0.2, -0.15) is 0 Å². The number of rotatable bonds is 5. The van der Waals surface area contributed by atoms with Crippen LogP contribution in [-0.4, -0.2) is 32.7 Å². The molecule has 1 saturated carbocycles. The molecule has 0 saturated heterocycles. The second-order valence-corrected chi connectivity index (χ2v) is 6.04. The van der Waals surface area contributed by atoms with Crippen LogP contribution < -0.4 is 5.32 Å². The lowest BCUT2D eigenvalue weighted by Gasteiger charge is -2.16. The Morgan fingerprint density at radius 3 is 3.09 bits per heavy atom. The van der Waals surface area contributed by atoms with E-state index in [1.807, 2.05) is 23.8 Å². The number of aliphatic hydroxyl groups is 1. The summed E-state index contributed by atoms with van der Waals surface area (Å²) in [6, 6.07) is 1.66. The molecule has 0 aromatic carbocycles.